The summed E-state index contributed by atoms with van der Waals surface area (Å²) in [5.74, 6) is 2.16. The molecule has 3 aromatic rings. The van der Waals surface area contributed by atoms with E-state index >= 15 is 0 Å². The molecule has 0 bridgehead atoms. The maximum Gasteiger partial charge on any atom is 0.273 e. The third-order valence-electron chi connectivity index (χ3n) is 6.53. The molecule has 1 amide bonds. The third-order valence-corrected chi connectivity index (χ3v) is 7.38. The summed E-state index contributed by atoms with van der Waals surface area (Å²) in [7, 11) is 2.11. The number of thiazole rings is 1. The van der Waals surface area contributed by atoms with Gasteiger partial charge in [-0.2, -0.15) is 0 Å². The van der Waals surface area contributed by atoms with Crippen LogP contribution in [0.25, 0.3) is 0 Å². The topological polar surface area (TPSA) is 62.2 Å². The normalized spacial score (nSPS) is 18.5. The number of aromatic nitrogens is 3. The number of nitrogens with zero attached hydrogens (tertiary/aromatic N) is 5. The van der Waals surface area contributed by atoms with Crippen molar-refractivity contribution in [2.24, 2.45) is 0 Å². The predicted octanol–water partition coefficient (Wildman–Crippen LogP) is 4.23. The Labute approximate surface area is 193 Å². The van der Waals surface area contributed by atoms with E-state index in [1.807, 2.05) is 28.5 Å². The molecule has 166 valence electrons. The average Bonchev–Trinajstić information content (AvgIpc) is 3.28. The summed E-state index contributed by atoms with van der Waals surface area (Å²) in [6.45, 7) is 4.56. The molecule has 6 nitrogen and oxygen atoms in total. The Morgan fingerprint density at radius 3 is 2.81 bits per heavy atom. The van der Waals surface area contributed by atoms with Crippen molar-refractivity contribution in [3.05, 3.63) is 69.1 Å². The van der Waals surface area contributed by atoms with Gasteiger partial charge in [-0.05, 0) is 38.2 Å². The number of fused-ring (bicyclic) bond motifs is 1. The highest BCUT2D eigenvalue weighted by atomic mass is 32.1. The molecule has 2 aromatic heterocycles. The Morgan fingerprint density at radius 2 is 1.97 bits per heavy atom. The second kappa shape index (κ2) is 8.98. The molecule has 32 heavy (non-hydrogen) atoms. The van der Waals surface area contributed by atoms with Crippen LogP contribution in [-0.4, -0.2) is 52.4 Å². The number of hydrogen-bond donors (Lipinski definition) is 0. The van der Waals surface area contributed by atoms with Crippen LogP contribution >= 0.6 is 11.3 Å². The molecule has 5 rings (SSSR count). The Morgan fingerprint density at radius 1 is 1.12 bits per heavy atom. The molecule has 0 N–H and O–H groups in total. The summed E-state index contributed by atoms with van der Waals surface area (Å²) in [6, 6.07) is 10.3. The Bertz CT molecular complexity index is 1110. The van der Waals surface area contributed by atoms with E-state index in [-0.39, 0.29) is 11.8 Å². The summed E-state index contributed by atoms with van der Waals surface area (Å²) in [5.41, 5.74) is 4.14. The van der Waals surface area contributed by atoms with Gasteiger partial charge in [0.25, 0.3) is 5.91 Å². The number of benzene rings is 1. The van der Waals surface area contributed by atoms with Crippen LogP contribution in [0.15, 0.2) is 35.7 Å². The molecule has 2 aliphatic heterocycles. The first-order valence-electron chi connectivity index (χ1n) is 11.4. The van der Waals surface area contributed by atoms with E-state index in [0.717, 1.165) is 67.5 Å². The highest BCUT2D eigenvalue weighted by Gasteiger charge is 2.30. The van der Waals surface area contributed by atoms with Gasteiger partial charge in [-0.15, -0.1) is 11.3 Å². The Balaban J connectivity index is 1.31. The minimum Gasteiger partial charge on any atom is -0.359 e. The van der Waals surface area contributed by atoms with Gasteiger partial charge < -0.3 is 9.80 Å². The average molecular weight is 448 g/mol. The molecule has 1 atom stereocenters. The van der Waals surface area contributed by atoms with Gasteiger partial charge in [0.15, 0.2) is 0 Å². The minimum atomic E-state index is 0.0251. The molecule has 1 saturated heterocycles. The lowest BCUT2D eigenvalue weighted by Gasteiger charge is -2.33. The van der Waals surface area contributed by atoms with Gasteiger partial charge in [-0.3, -0.25) is 4.79 Å². The van der Waals surface area contributed by atoms with Crippen LogP contribution in [0.4, 0.5) is 5.82 Å². The van der Waals surface area contributed by atoms with Crippen LogP contribution in [0.2, 0.25) is 0 Å². The second-order valence-electron chi connectivity index (χ2n) is 8.87. The van der Waals surface area contributed by atoms with Crippen LogP contribution in [0.1, 0.15) is 63.3 Å². The van der Waals surface area contributed by atoms with E-state index in [9.17, 15) is 4.79 Å². The monoisotopic (exact) mass is 447 g/mol. The van der Waals surface area contributed by atoms with Crippen LogP contribution in [0, 0.1) is 6.92 Å². The van der Waals surface area contributed by atoms with Gasteiger partial charge >= 0.3 is 0 Å². The summed E-state index contributed by atoms with van der Waals surface area (Å²) in [6.07, 6.45) is 4.95. The second-order valence-corrected chi connectivity index (χ2v) is 9.82. The summed E-state index contributed by atoms with van der Waals surface area (Å²) in [4.78, 5) is 31.9. The fourth-order valence-electron chi connectivity index (χ4n) is 4.79. The van der Waals surface area contributed by atoms with Crippen LogP contribution in [0.5, 0.6) is 0 Å². The number of carbonyl (C=O) groups excluding carboxylic acids is 1. The molecule has 0 radical (unpaired) electrons. The summed E-state index contributed by atoms with van der Waals surface area (Å²) in [5, 5.41) is 2.88. The van der Waals surface area contributed by atoms with Gasteiger partial charge in [-0.25, -0.2) is 15.0 Å². The quantitative estimate of drug-likeness (QED) is 0.599. The Kier molecular flexibility index (Phi) is 5.91. The van der Waals surface area contributed by atoms with Crippen molar-refractivity contribution in [3.8, 4) is 0 Å². The van der Waals surface area contributed by atoms with Crippen molar-refractivity contribution in [2.45, 2.75) is 44.9 Å². The summed E-state index contributed by atoms with van der Waals surface area (Å²) < 4.78 is 0. The lowest BCUT2D eigenvalue weighted by molar-refractivity contribution is 0.0699. The number of rotatable bonds is 4. The highest BCUT2D eigenvalue weighted by Crippen LogP contribution is 2.31. The van der Waals surface area contributed by atoms with Gasteiger partial charge in [0.2, 0.25) is 0 Å². The molecule has 2 aliphatic rings. The van der Waals surface area contributed by atoms with Gasteiger partial charge in [-0.1, -0.05) is 30.3 Å². The first kappa shape index (κ1) is 21.1. The van der Waals surface area contributed by atoms with E-state index in [1.54, 1.807) is 11.3 Å². The van der Waals surface area contributed by atoms with E-state index in [0.29, 0.717) is 12.2 Å². The minimum absolute atomic E-state index is 0.0251. The molecule has 0 aliphatic carbocycles. The fraction of sp³-hybridized carbons (Fsp3) is 0.440. The van der Waals surface area contributed by atoms with E-state index in [1.165, 1.54) is 11.1 Å². The number of piperidine rings is 1. The zero-order valence-electron chi connectivity index (χ0n) is 18.8. The summed E-state index contributed by atoms with van der Waals surface area (Å²) >= 11 is 1.56. The maximum absolute atomic E-state index is 13.2. The van der Waals surface area contributed by atoms with Crippen molar-refractivity contribution >= 4 is 23.1 Å². The third kappa shape index (κ3) is 4.26. The van der Waals surface area contributed by atoms with E-state index in [2.05, 4.69) is 36.0 Å². The number of anilines is 1. The van der Waals surface area contributed by atoms with Crippen molar-refractivity contribution in [2.75, 3.05) is 31.6 Å². The standard InChI is InChI=1S/C25H29N5OS/c1-17-20-11-7-12-29(2)24(20)28-23(26-17)19-10-6-13-30(15-19)25(31)21-16-32-22(27-21)14-18-8-4-3-5-9-18/h3-5,8-9,16,19H,6-7,10-15H2,1-2H3. The largest absolute Gasteiger partial charge is 0.359 e. The van der Waals surface area contributed by atoms with Crippen molar-refractivity contribution < 1.29 is 4.79 Å². The van der Waals surface area contributed by atoms with Gasteiger partial charge in [0, 0.05) is 55.7 Å². The molecule has 1 unspecified atom stereocenters. The lowest BCUT2D eigenvalue weighted by Crippen LogP contribution is -2.40. The van der Waals surface area contributed by atoms with E-state index < -0.39 is 0 Å². The number of likely N-dealkylation sites (tertiary alicyclic amines) is 1. The van der Waals surface area contributed by atoms with E-state index in [4.69, 9.17) is 9.97 Å². The fourth-order valence-corrected chi connectivity index (χ4v) is 5.59. The molecule has 0 saturated carbocycles. The molecule has 1 aromatic carbocycles. The molecular formula is C25H29N5OS. The zero-order valence-corrected chi connectivity index (χ0v) is 19.6. The number of amides is 1. The number of hydrogen-bond acceptors (Lipinski definition) is 6. The number of aryl methyl sites for hydroxylation is 1. The highest BCUT2D eigenvalue weighted by molar-refractivity contribution is 7.09. The van der Waals surface area contributed by atoms with Gasteiger partial charge in [0.05, 0.1) is 5.01 Å². The van der Waals surface area contributed by atoms with Crippen LogP contribution in [-0.2, 0) is 12.8 Å². The van der Waals surface area contributed by atoms with Crippen LogP contribution in [0.3, 0.4) is 0 Å². The molecular weight excluding hydrogens is 418 g/mol. The molecule has 0 spiro atoms. The first-order valence-corrected chi connectivity index (χ1v) is 12.3. The molecule has 4 heterocycles. The zero-order chi connectivity index (χ0) is 22.1. The van der Waals surface area contributed by atoms with Crippen molar-refractivity contribution in [1.29, 1.82) is 0 Å². The lowest BCUT2D eigenvalue weighted by atomic mass is 9.96. The number of carbonyl (C=O) groups is 1. The first-order chi connectivity index (χ1) is 15.6. The molecule has 7 heteroatoms. The predicted molar refractivity (Wildman–Crippen MR) is 128 cm³/mol. The Hall–Kier alpha value is -2.80. The van der Waals surface area contributed by atoms with Crippen molar-refractivity contribution in [3.63, 3.8) is 0 Å². The van der Waals surface area contributed by atoms with Crippen LogP contribution < -0.4 is 4.90 Å². The smallest absolute Gasteiger partial charge is 0.273 e. The van der Waals surface area contributed by atoms with Crippen molar-refractivity contribution in [1.82, 2.24) is 19.9 Å². The molecule has 1 fully saturated rings. The maximum atomic E-state index is 13.2. The SMILES string of the molecule is Cc1nc(C2CCCN(C(=O)c3csc(Cc4ccccc4)n3)C2)nc2c1CCCN2C. The van der Waals surface area contributed by atoms with Gasteiger partial charge in [0.1, 0.15) is 17.3 Å².